The normalized spacial score (nSPS) is 25.2. The van der Waals surface area contributed by atoms with E-state index < -0.39 is 0 Å². The number of hydrogen-bond donors (Lipinski definition) is 2. The highest BCUT2D eigenvalue weighted by atomic mass is 16.2. The molecule has 2 N–H and O–H groups in total. The fourth-order valence-corrected chi connectivity index (χ4v) is 1.45. The zero-order valence-corrected chi connectivity index (χ0v) is 7.89. The molecule has 0 unspecified atom stereocenters. The first kappa shape index (κ1) is 9.52. The Hall–Kier alpha value is -0.570. The van der Waals surface area contributed by atoms with Gasteiger partial charge in [-0.05, 0) is 25.3 Å². The van der Waals surface area contributed by atoms with Gasteiger partial charge in [0.2, 0.25) is 5.91 Å². The molecule has 70 valence electrons. The van der Waals surface area contributed by atoms with Crippen molar-refractivity contribution in [3.05, 3.63) is 0 Å². The van der Waals surface area contributed by atoms with Gasteiger partial charge in [-0.2, -0.15) is 0 Å². The summed E-state index contributed by atoms with van der Waals surface area (Å²) in [7, 11) is 0. The van der Waals surface area contributed by atoms with Crippen molar-refractivity contribution in [1.29, 1.82) is 0 Å². The lowest BCUT2D eigenvalue weighted by Gasteiger charge is -2.16. The molecule has 0 aromatic carbocycles. The molecule has 0 saturated carbocycles. The summed E-state index contributed by atoms with van der Waals surface area (Å²) in [5.41, 5.74) is 0. The van der Waals surface area contributed by atoms with Gasteiger partial charge >= 0.3 is 0 Å². The van der Waals surface area contributed by atoms with Crippen LogP contribution in [0.1, 0.15) is 26.7 Å². The molecule has 12 heavy (non-hydrogen) atoms. The maximum Gasteiger partial charge on any atom is 0.237 e. The lowest BCUT2D eigenvalue weighted by molar-refractivity contribution is -0.123. The summed E-state index contributed by atoms with van der Waals surface area (Å²) in [5.74, 6) is 0.743. The van der Waals surface area contributed by atoms with Crippen LogP contribution in [0.15, 0.2) is 0 Å². The second-order valence-electron chi connectivity index (χ2n) is 3.78. The van der Waals surface area contributed by atoms with Crippen molar-refractivity contribution in [2.45, 2.75) is 32.7 Å². The average molecular weight is 170 g/mol. The topological polar surface area (TPSA) is 41.1 Å². The van der Waals surface area contributed by atoms with E-state index in [-0.39, 0.29) is 11.9 Å². The van der Waals surface area contributed by atoms with E-state index >= 15 is 0 Å². The van der Waals surface area contributed by atoms with Gasteiger partial charge in [0.1, 0.15) is 0 Å². The Morgan fingerprint density at radius 1 is 1.50 bits per heavy atom. The molecule has 0 spiro atoms. The Morgan fingerprint density at radius 3 is 2.92 bits per heavy atom. The quantitative estimate of drug-likeness (QED) is 0.634. The minimum Gasteiger partial charge on any atom is -0.355 e. The predicted octanol–water partition coefficient (Wildman–Crippen LogP) is 0.511. The Morgan fingerprint density at radius 2 is 2.25 bits per heavy atom. The highest BCUT2D eigenvalue weighted by Gasteiger charge is 2.20. The predicted molar refractivity (Wildman–Crippen MR) is 48.9 cm³/mol. The summed E-state index contributed by atoms with van der Waals surface area (Å²) >= 11 is 0. The lowest BCUT2D eigenvalue weighted by atomic mass is 10.0. The summed E-state index contributed by atoms with van der Waals surface area (Å²) in [5, 5.41) is 6.15. The van der Waals surface area contributed by atoms with Crippen LogP contribution in [0, 0.1) is 5.92 Å². The van der Waals surface area contributed by atoms with Crippen LogP contribution in [-0.2, 0) is 4.79 Å². The summed E-state index contributed by atoms with van der Waals surface area (Å²) in [6.45, 7) is 6.05. The minimum atomic E-state index is 0.0347. The van der Waals surface area contributed by atoms with Crippen molar-refractivity contribution < 1.29 is 4.79 Å². The van der Waals surface area contributed by atoms with Crippen molar-refractivity contribution >= 4 is 5.91 Å². The van der Waals surface area contributed by atoms with Crippen molar-refractivity contribution in [1.82, 2.24) is 10.6 Å². The van der Waals surface area contributed by atoms with E-state index in [0.717, 1.165) is 25.9 Å². The molecule has 1 heterocycles. The van der Waals surface area contributed by atoms with Gasteiger partial charge in [0, 0.05) is 6.54 Å². The molecule has 1 atom stereocenters. The third-order valence-electron chi connectivity index (χ3n) is 2.07. The lowest BCUT2D eigenvalue weighted by Crippen LogP contribution is -2.41. The third-order valence-corrected chi connectivity index (χ3v) is 2.07. The van der Waals surface area contributed by atoms with Crippen molar-refractivity contribution in [3.63, 3.8) is 0 Å². The van der Waals surface area contributed by atoms with E-state index in [0.29, 0.717) is 5.92 Å². The molecule has 1 saturated heterocycles. The zero-order valence-electron chi connectivity index (χ0n) is 7.89. The SMILES string of the molecule is CC(C)C[C@@H]1NCCCNC1=O. The number of rotatable bonds is 2. The molecule has 0 aromatic rings. The molecule has 0 bridgehead atoms. The van der Waals surface area contributed by atoms with Gasteiger partial charge in [0.05, 0.1) is 6.04 Å². The van der Waals surface area contributed by atoms with Crippen molar-refractivity contribution in [2.75, 3.05) is 13.1 Å². The van der Waals surface area contributed by atoms with E-state index in [1.165, 1.54) is 0 Å². The minimum absolute atomic E-state index is 0.0347. The zero-order chi connectivity index (χ0) is 8.97. The van der Waals surface area contributed by atoms with E-state index in [9.17, 15) is 4.79 Å². The second kappa shape index (κ2) is 4.45. The smallest absolute Gasteiger partial charge is 0.237 e. The van der Waals surface area contributed by atoms with Gasteiger partial charge < -0.3 is 10.6 Å². The third kappa shape index (κ3) is 2.81. The van der Waals surface area contributed by atoms with Gasteiger partial charge in [-0.1, -0.05) is 13.8 Å². The number of nitrogens with one attached hydrogen (secondary N) is 2. The van der Waals surface area contributed by atoms with Crippen LogP contribution >= 0.6 is 0 Å². The van der Waals surface area contributed by atoms with Gasteiger partial charge in [-0.15, -0.1) is 0 Å². The average Bonchev–Trinajstić information content (AvgIpc) is 2.16. The van der Waals surface area contributed by atoms with Crippen LogP contribution < -0.4 is 10.6 Å². The van der Waals surface area contributed by atoms with Crippen LogP contribution in [0.25, 0.3) is 0 Å². The largest absolute Gasteiger partial charge is 0.355 e. The Bertz CT molecular complexity index is 157. The maximum absolute atomic E-state index is 11.4. The fourth-order valence-electron chi connectivity index (χ4n) is 1.45. The Balaban J connectivity index is 2.42. The summed E-state index contributed by atoms with van der Waals surface area (Å²) in [6.07, 6.45) is 1.98. The Labute approximate surface area is 73.9 Å². The van der Waals surface area contributed by atoms with Crippen LogP contribution in [0.4, 0.5) is 0 Å². The monoisotopic (exact) mass is 170 g/mol. The van der Waals surface area contributed by atoms with Gasteiger partial charge in [-0.25, -0.2) is 0 Å². The molecule has 3 nitrogen and oxygen atoms in total. The van der Waals surface area contributed by atoms with E-state index in [1.54, 1.807) is 0 Å². The molecule has 0 aromatic heterocycles. The van der Waals surface area contributed by atoms with E-state index in [2.05, 4.69) is 24.5 Å². The van der Waals surface area contributed by atoms with E-state index in [4.69, 9.17) is 0 Å². The van der Waals surface area contributed by atoms with Crippen molar-refractivity contribution in [2.24, 2.45) is 5.92 Å². The molecular formula is C9H18N2O. The molecule has 1 aliphatic rings. The molecule has 1 amide bonds. The highest BCUT2D eigenvalue weighted by molar-refractivity contribution is 5.81. The Kier molecular flexibility index (Phi) is 3.53. The molecule has 0 aliphatic carbocycles. The van der Waals surface area contributed by atoms with Crippen LogP contribution in [0.2, 0.25) is 0 Å². The number of carbonyl (C=O) groups excluding carboxylic acids is 1. The second-order valence-corrected chi connectivity index (χ2v) is 3.78. The van der Waals surface area contributed by atoms with Gasteiger partial charge in [0.15, 0.2) is 0 Å². The molecule has 1 aliphatic heterocycles. The van der Waals surface area contributed by atoms with Crippen LogP contribution in [-0.4, -0.2) is 25.0 Å². The van der Waals surface area contributed by atoms with Crippen LogP contribution in [0.5, 0.6) is 0 Å². The highest BCUT2D eigenvalue weighted by Crippen LogP contribution is 2.06. The van der Waals surface area contributed by atoms with Gasteiger partial charge in [0.25, 0.3) is 0 Å². The first-order valence-corrected chi connectivity index (χ1v) is 4.71. The molecular weight excluding hydrogens is 152 g/mol. The number of carbonyl (C=O) groups is 1. The van der Waals surface area contributed by atoms with Gasteiger partial charge in [-0.3, -0.25) is 4.79 Å². The number of hydrogen-bond acceptors (Lipinski definition) is 2. The number of amides is 1. The molecule has 1 fully saturated rings. The fraction of sp³-hybridized carbons (Fsp3) is 0.889. The maximum atomic E-state index is 11.4. The summed E-state index contributed by atoms with van der Waals surface area (Å²) < 4.78 is 0. The van der Waals surface area contributed by atoms with Crippen LogP contribution in [0.3, 0.4) is 0 Å². The van der Waals surface area contributed by atoms with E-state index in [1.807, 2.05) is 0 Å². The summed E-state index contributed by atoms with van der Waals surface area (Å²) in [6, 6.07) is 0.0347. The first-order valence-electron chi connectivity index (χ1n) is 4.71. The molecule has 0 radical (unpaired) electrons. The first-order chi connectivity index (χ1) is 5.70. The molecule has 3 heteroatoms. The van der Waals surface area contributed by atoms with Crippen molar-refractivity contribution in [3.8, 4) is 0 Å². The summed E-state index contributed by atoms with van der Waals surface area (Å²) in [4.78, 5) is 11.4. The molecule has 1 rings (SSSR count). The standard InChI is InChI=1S/C9H18N2O/c1-7(2)6-8-9(12)11-5-3-4-10-8/h7-8,10H,3-6H2,1-2H3,(H,11,12)/t8-/m0/s1.